The van der Waals surface area contributed by atoms with Gasteiger partial charge in [0.05, 0.1) is 33.7 Å². The van der Waals surface area contributed by atoms with Gasteiger partial charge in [0.25, 0.3) is 15.9 Å². The molecule has 0 saturated heterocycles. The standard InChI is InChI=1S/C24H19N5O4S/c30-23(25-14-18-10-5-15-3-1-2-4-20(15)26-18)16-6-8-17(9-7-16)29-34(32,33)19-11-12-21-22(13-19)28-24(31)27-21/h1-13,29H,14H2,(H,25,30)(H2,27,28,31). The molecule has 5 aromatic rings. The lowest BCUT2D eigenvalue weighted by Crippen LogP contribution is -2.23. The normalized spacial score (nSPS) is 11.5. The molecule has 1 amide bonds. The first kappa shape index (κ1) is 21.4. The number of benzene rings is 3. The number of rotatable bonds is 6. The van der Waals surface area contributed by atoms with Crippen molar-refractivity contribution in [2.24, 2.45) is 0 Å². The van der Waals surface area contributed by atoms with Gasteiger partial charge in [0.2, 0.25) is 0 Å². The van der Waals surface area contributed by atoms with Crippen molar-refractivity contribution in [1.29, 1.82) is 0 Å². The Balaban J connectivity index is 1.25. The summed E-state index contributed by atoms with van der Waals surface area (Å²) in [5.41, 5.74) is 2.76. The van der Waals surface area contributed by atoms with E-state index in [1.165, 1.54) is 42.5 Å². The van der Waals surface area contributed by atoms with Crippen LogP contribution < -0.4 is 15.7 Å². The number of hydrogen-bond acceptors (Lipinski definition) is 5. The molecule has 9 nitrogen and oxygen atoms in total. The van der Waals surface area contributed by atoms with E-state index in [9.17, 15) is 18.0 Å². The number of imidazole rings is 1. The van der Waals surface area contributed by atoms with Crippen LogP contribution in [0, 0.1) is 0 Å². The van der Waals surface area contributed by atoms with E-state index >= 15 is 0 Å². The molecule has 0 atom stereocenters. The van der Waals surface area contributed by atoms with E-state index in [1.54, 1.807) is 0 Å². The van der Waals surface area contributed by atoms with Crippen molar-refractivity contribution in [2.75, 3.05) is 4.72 Å². The summed E-state index contributed by atoms with van der Waals surface area (Å²) in [5.74, 6) is -0.300. The molecule has 10 heteroatoms. The molecule has 0 aliphatic heterocycles. The number of aromatic nitrogens is 3. The highest BCUT2D eigenvalue weighted by Crippen LogP contribution is 2.19. The summed E-state index contributed by atoms with van der Waals surface area (Å²) in [4.78, 5) is 33.5. The van der Waals surface area contributed by atoms with Crippen molar-refractivity contribution in [2.45, 2.75) is 11.4 Å². The monoisotopic (exact) mass is 473 g/mol. The first-order valence-electron chi connectivity index (χ1n) is 10.4. The Morgan fingerprint density at radius 1 is 0.882 bits per heavy atom. The zero-order chi connectivity index (χ0) is 23.7. The largest absolute Gasteiger partial charge is 0.346 e. The number of H-pyrrole nitrogens is 2. The van der Waals surface area contributed by atoms with Crippen LogP contribution in [0.5, 0.6) is 0 Å². The van der Waals surface area contributed by atoms with Gasteiger partial charge in [-0.3, -0.25) is 14.5 Å². The highest BCUT2D eigenvalue weighted by molar-refractivity contribution is 7.92. The third-order valence-corrected chi connectivity index (χ3v) is 6.66. The highest BCUT2D eigenvalue weighted by atomic mass is 32.2. The van der Waals surface area contributed by atoms with Gasteiger partial charge in [0.1, 0.15) is 0 Å². The SMILES string of the molecule is O=C(NCc1ccc2ccccc2n1)c1ccc(NS(=O)(=O)c2ccc3[nH]c(=O)[nH]c3c2)cc1. The molecule has 0 unspecified atom stereocenters. The van der Waals surface area contributed by atoms with Gasteiger partial charge in [-0.2, -0.15) is 0 Å². The van der Waals surface area contributed by atoms with Gasteiger partial charge in [-0.1, -0.05) is 24.3 Å². The molecule has 0 spiro atoms. The van der Waals surface area contributed by atoms with Gasteiger partial charge in [0, 0.05) is 16.6 Å². The number of nitrogens with zero attached hydrogens (tertiary/aromatic N) is 1. The van der Waals surface area contributed by atoms with Gasteiger partial charge in [-0.25, -0.2) is 13.2 Å². The molecule has 0 fully saturated rings. The lowest BCUT2D eigenvalue weighted by Gasteiger charge is -2.10. The third kappa shape index (κ3) is 4.39. The maximum Gasteiger partial charge on any atom is 0.323 e. The fourth-order valence-corrected chi connectivity index (χ4v) is 4.65. The van der Waals surface area contributed by atoms with Crippen LogP contribution in [0.3, 0.4) is 0 Å². The Morgan fingerprint density at radius 2 is 1.65 bits per heavy atom. The Labute approximate surface area is 193 Å². The average molecular weight is 474 g/mol. The minimum atomic E-state index is -3.89. The molecular weight excluding hydrogens is 454 g/mol. The van der Waals surface area contributed by atoms with Crippen LogP contribution in [0.1, 0.15) is 16.1 Å². The lowest BCUT2D eigenvalue weighted by molar-refractivity contribution is 0.0950. The van der Waals surface area contributed by atoms with Gasteiger partial charge in [-0.05, 0) is 54.6 Å². The maximum absolute atomic E-state index is 12.7. The summed E-state index contributed by atoms with van der Waals surface area (Å²) >= 11 is 0. The van der Waals surface area contributed by atoms with Crippen LogP contribution >= 0.6 is 0 Å². The minimum absolute atomic E-state index is 0.0000420. The molecule has 3 aromatic carbocycles. The second kappa shape index (κ2) is 8.49. The van der Waals surface area contributed by atoms with Crippen LogP contribution in [0.2, 0.25) is 0 Å². The number of fused-ring (bicyclic) bond motifs is 2. The fraction of sp³-hybridized carbons (Fsp3) is 0.0417. The number of amides is 1. The van der Waals surface area contributed by atoms with Crippen molar-refractivity contribution >= 4 is 43.6 Å². The first-order chi connectivity index (χ1) is 16.4. The van der Waals surface area contributed by atoms with Gasteiger partial charge in [-0.15, -0.1) is 0 Å². The number of nitrogens with one attached hydrogen (secondary N) is 4. The van der Waals surface area contributed by atoms with E-state index in [0.717, 1.165) is 16.6 Å². The first-order valence-corrected chi connectivity index (χ1v) is 11.8. The molecule has 5 rings (SSSR count). The van der Waals surface area contributed by atoms with Crippen LogP contribution in [-0.2, 0) is 16.6 Å². The molecular formula is C24H19N5O4S. The number of anilines is 1. The summed E-state index contributed by atoms with van der Waals surface area (Å²) in [6.07, 6.45) is 0. The second-order valence-corrected chi connectivity index (χ2v) is 9.33. The number of carbonyl (C=O) groups is 1. The van der Waals surface area contributed by atoms with Crippen LogP contribution in [-0.4, -0.2) is 29.3 Å². The predicted octanol–water partition coefficient (Wildman–Crippen LogP) is 3.14. The molecule has 0 bridgehead atoms. The Kier molecular flexibility index (Phi) is 5.34. The summed E-state index contributed by atoms with van der Waals surface area (Å²) in [6.45, 7) is 0.266. The Morgan fingerprint density at radius 3 is 2.47 bits per heavy atom. The van der Waals surface area contributed by atoms with Crippen molar-refractivity contribution in [3.8, 4) is 0 Å². The maximum atomic E-state index is 12.7. The minimum Gasteiger partial charge on any atom is -0.346 e. The second-order valence-electron chi connectivity index (χ2n) is 7.65. The summed E-state index contributed by atoms with van der Waals surface area (Å²) in [6, 6.07) is 21.9. The van der Waals surface area contributed by atoms with Gasteiger partial charge >= 0.3 is 5.69 Å². The topological polar surface area (TPSA) is 137 Å². The number of pyridine rings is 1. The molecule has 170 valence electrons. The van der Waals surface area contributed by atoms with Crippen molar-refractivity contribution in [1.82, 2.24) is 20.3 Å². The van der Waals surface area contributed by atoms with E-state index in [-0.39, 0.29) is 17.3 Å². The molecule has 0 radical (unpaired) electrons. The summed E-state index contributed by atoms with van der Waals surface area (Å²) in [7, 11) is -3.89. The Bertz CT molecular complexity index is 1690. The number of aromatic amines is 2. The Hall–Kier alpha value is -4.44. The molecule has 2 aromatic heterocycles. The smallest absolute Gasteiger partial charge is 0.323 e. The zero-order valence-corrected chi connectivity index (χ0v) is 18.5. The van der Waals surface area contributed by atoms with E-state index in [0.29, 0.717) is 22.3 Å². The highest BCUT2D eigenvalue weighted by Gasteiger charge is 2.16. The zero-order valence-electron chi connectivity index (χ0n) is 17.7. The number of sulfonamides is 1. The van der Waals surface area contributed by atoms with E-state index in [2.05, 4.69) is 25.0 Å². The van der Waals surface area contributed by atoms with Crippen LogP contribution in [0.25, 0.3) is 21.9 Å². The predicted molar refractivity (Wildman–Crippen MR) is 129 cm³/mol. The molecule has 2 heterocycles. The van der Waals surface area contributed by atoms with Crippen molar-refractivity contribution < 1.29 is 13.2 Å². The van der Waals surface area contributed by atoms with Gasteiger partial charge < -0.3 is 15.3 Å². The van der Waals surface area contributed by atoms with E-state index in [4.69, 9.17) is 0 Å². The van der Waals surface area contributed by atoms with Crippen LogP contribution in [0.15, 0.2) is 88.6 Å². The third-order valence-electron chi connectivity index (χ3n) is 5.28. The molecule has 34 heavy (non-hydrogen) atoms. The fourth-order valence-electron chi connectivity index (χ4n) is 3.56. The van der Waals surface area contributed by atoms with E-state index in [1.807, 2.05) is 36.4 Å². The van der Waals surface area contributed by atoms with Crippen molar-refractivity contribution in [3.05, 3.63) is 101 Å². The number of para-hydroxylation sites is 1. The average Bonchev–Trinajstić information content (AvgIpc) is 3.22. The number of carbonyl (C=O) groups excluding carboxylic acids is 1. The molecule has 4 N–H and O–H groups in total. The van der Waals surface area contributed by atoms with E-state index < -0.39 is 15.7 Å². The number of hydrogen-bond donors (Lipinski definition) is 4. The van der Waals surface area contributed by atoms with Crippen LogP contribution in [0.4, 0.5) is 5.69 Å². The molecule has 0 saturated carbocycles. The van der Waals surface area contributed by atoms with Crippen molar-refractivity contribution in [3.63, 3.8) is 0 Å². The molecule has 0 aliphatic carbocycles. The quantitative estimate of drug-likeness (QED) is 0.300. The summed E-state index contributed by atoms with van der Waals surface area (Å²) < 4.78 is 27.9. The lowest BCUT2D eigenvalue weighted by atomic mass is 10.2. The summed E-state index contributed by atoms with van der Waals surface area (Å²) in [5, 5.41) is 3.85. The van der Waals surface area contributed by atoms with Gasteiger partial charge in [0.15, 0.2) is 0 Å². The molecule has 0 aliphatic rings.